The van der Waals surface area contributed by atoms with Crippen molar-refractivity contribution in [3.63, 3.8) is 0 Å². The largest absolute Gasteiger partial charge is 0.502 e. The maximum atomic E-state index is 12.1. The van der Waals surface area contributed by atoms with E-state index in [1.165, 1.54) is 0 Å². The molecule has 1 aliphatic heterocycles. The Hall–Kier alpha value is -1.87. The molecule has 2 rings (SSSR count). The van der Waals surface area contributed by atoms with Crippen LogP contribution in [0.25, 0.3) is 0 Å². The van der Waals surface area contributed by atoms with Gasteiger partial charge in [0.2, 0.25) is 0 Å². The monoisotopic (exact) mass is 258 g/mol. The van der Waals surface area contributed by atoms with E-state index in [1.54, 1.807) is 12.3 Å². The van der Waals surface area contributed by atoms with Gasteiger partial charge >= 0.3 is 0 Å². The number of hydrogen-bond acceptors (Lipinski definition) is 3. The van der Waals surface area contributed by atoms with Crippen molar-refractivity contribution in [2.45, 2.75) is 6.92 Å². The Morgan fingerprint density at radius 3 is 2.95 bits per heavy atom. The third-order valence-electron chi connectivity index (χ3n) is 2.99. The van der Waals surface area contributed by atoms with Crippen LogP contribution in [0, 0.1) is 5.92 Å². The third-order valence-corrected chi connectivity index (χ3v) is 2.99. The van der Waals surface area contributed by atoms with Crippen LogP contribution < -0.4 is 0 Å². The van der Waals surface area contributed by atoms with Gasteiger partial charge in [-0.15, -0.1) is 0 Å². The minimum atomic E-state index is 0.0240. The van der Waals surface area contributed by atoms with Crippen LogP contribution in [0.3, 0.4) is 0 Å². The standard InChI is InChI=1S/C16H18O3/c1-2-18-9-8-14-11-19-12-15(14)10-16(17)13-6-4-3-5-7-13/h3-10,14H,2,11-12H2,1H3/b9-8+,15-10+. The van der Waals surface area contributed by atoms with Crippen molar-refractivity contribution >= 4 is 5.78 Å². The van der Waals surface area contributed by atoms with Crippen LogP contribution in [0.4, 0.5) is 0 Å². The quantitative estimate of drug-likeness (QED) is 0.462. The Balaban J connectivity index is 2.07. The summed E-state index contributed by atoms with van der Waals surface area (Å²) in [6, 6.07) is 9.27. The second kappa shape index (κ2) is 6.90. The molecule has 0 aromatic heterocycles. The Bertz CT molecular complexity index is 474. The van der Waals surface area contributed by atoms with Gasteiger partial charge in [-0.05, 0) is 24.6 Å². The first-order chi connectivity index (χ1) is 9.31. The van der Waals surface area contributed by atoms with Gasteiger partial charge in [-0.2, -0.15) is 0 Å². The maximum absolute atomic E-state index is 12.1. The van der Waals surface area contributed by atoms with Gasteiger partial charge in [0, 0.05) is 11.5 Å². The normalized spacial score (nSPS) is 21.1. The molecule has 1 aliphatic rings. The van der Waals surface area contributed by atoms with Crippen LogP contribution in [0.2, 0.25) is 0 Å². The minimum Gasteiger partial charge on any atom is -0.502 e. The Labute approximate surface area is 113 Å². The number of ether oxygens (including phenoxy) is 2. The zero-order chi connectivity index (χ0) is 13.5. The number of carbonyl (C=O) groups is 1. The molecule has 100 valence electrons. The highest BCUT2D eigenvalue weighted by atomic mass is 16.5. The second-order valence-electron chi connectivity index (χ2n) is 4.36. The van der Waals surface area contributed by atoms with Crippen LogP contribution in [0.5, 0.6) is 0 Å². The van der Waals surface area contributed by atoms with Crippen LogP contribution in [0.1, 0.15) is 17.3 Å². The summed E-state index contributed by atoms with van der Waals surface area (Å²) in [4.78, 5) is 12.1. The van der Waals surface area contributed by atoms with Gasteiger partial charge in [-0.3, -0.25) is 4.79 Å². The summed E-state index contributed by atoms with van der Waals surface area (Å²) in [6.45, 7) is 3.70. The average molecular weight is 258 g/mol. The second-order valence-corrected chi connectivity index (χ2v) is 4.36. The molecule has 1 atom stereocenters. The summed E-state index contributed by atoms with van der Waals surface area (Å²) in [7, 11) is 0. The van der Waals surface area contributed by atoms with Crippen LogP contribution in [-0.4, -0.2) is 25.6 Å². The molecule has 1 unspecified atom stereocenters. The fourth-order valence-electron chi connectivity index (χ4n) is 1.95. The molecule has 1 aromatic carbocycles. The molecule has 19 heavy (non-hydrogen) atoms. The molecule has 3 nitrogen and oxygen atoms in total. The SMILES string of the molecule is CCO/C=C/C1COC/C1=C\C(=O)c1ccccc1. The summed E-state index contributed by atoms with van der Waals surface area (Å²) in [5.74, 6) is 0.162. The van der Waals surface area contributed by atoms with Crippen molar-refractivity contribution < 1.29 is 14.3 Å². The highest BCUT2D eigenvalue weighted by Crippen LogP contribution is 2.22. The van der Waals surface area contributed by atoms with Crippen molar-refractivity contribution in [3.05, 3.63) is 59.9 Å². The van der Waals surface area contributed by atoms with Gasteiger partial charge in [-0.25, -0.2) is 0 Å². The zero-order valence-corrected chi connectivity index (χ0v) is 11.0. The molecule has 0 N–H and O–H groups in total. The van der Waals surface area contributed by atoms with Gasteiger partial charge in [0.1, 0.15) is 0 Å². The summed E-state index contributed by atoms with van der Waals surface area (Å²) in [5.41, 5.74) is 1.71. The van der Waals surface area contributed by atoms with Gasteiger partial charge in [0.05, 0.1) is 26.1 Å². The van der Waals surface area contributed by atoms with E-state index in [-0.39, 0.29) is 11.7 Å². The molecule has 0 amide bonds. The third kappa shape index (κ3) is 3.80. The van der Waals surface area contributed by atoms with E-state index in [4.69, 9.17) is 9.47 Å². The molecule has 0 saturated carbocycles. The van der Waals surface area contributed by atoms with E-state index in [0.717, 1.165) is 5.57 Å². The highest BCUT2D eigenvalue weighted by molar-refractivity contribution is 6.05. The number of hydrogen-bond donors (Lipinski definition) is 0. The lowest BCUT2D eigenvalue weighted by atomic mass is 10.00. The predicted molar refractivity (Wildman–Crippen MR) is 73.9 cm³/mol. The molecule has 0 spiro atoms. The fourth-order valence-corrected chi connectivity index (χ4v) is 1.95. The molecular formula is C16H18O3. The Morgan fingerprint density at radius 2 is 2.21 bits per heavy atom. The first-order valence-corrected chi connectivity index (χ1v) is 6.47. The number of rotatable bonds is 5. The van der Waals surface area contributed by atoms with Crippen LogP contribution in [-0.2, 0) is 9.47 Å². The summed E-state index contributed by atoms with van der Waals surface area (Å²) < 4.78 is 10.6. The summed E-state index contributed by atoms with van der Waals surface area (Å²) in [6.07, 6.45) is 5.31. The fraction of sp³-hybridized carbons (Fsp3) is 0.312. The topological polar surface area (TPSA) is 35.5 Å². The number of allylic oxidation sites excluding steroid dienone is 1. The first kappa shape index (κ1) is 13.6. The zero-order valence-electron chi connectivity index (χ0n) is 11.0. The number of ketones is 1. The lowest BCUT2D eigenvalue weighted by Crippen LogP contribution is -2.02. The molecule has 1 heterocycles. The van der Waals surface area contributed by atoms with E-state index >= 15 is 0 Å². The van der Waals surface area contributed by atoms with Crippen molar-refractivity contribution in [3.8, 4) is 0 Å². The number of carbonyl (C=O) groups excluding carboxylic acids is 1. The lowest BCUT2D eigenvalue weighted by molar-refractivity contribution is 0.104. The predicted octanol–water partition coefficient (Wildman–Crippen LogP) is 2.99. The van der Waals surface area contributed by atoms with Gasteiger partial charge < -0.3 is 9.47 Å². The van der Waals surface area contributed by atoms with E-state index < -0.39 is 0 Å². The van der Waals surface area contributed by atoms with E-state index in [0.29, 0.717) is 25.4 Å². The molecule has 0 aliphatic carbocycles. The number of benzene rings is 1. The molecule has 3 heteroatoms. The average Bonchev–Trinajstić information content (AvgIpc) is 2.87. The van der Waals surface area contributed by atoms with E-state index in [2.05, 4.69) is 0 Å². The molecule has 0 radical (unpaired) electrons. The van der Waals surface area contributed by atoms with Gasteiger partial charge in [-0.1, -0.05) is 30.3 Å². The Morgan fingerprint density at radius 1 is 1.42 bits per heavy atom. The molecule has 0 bridgehead atoms. The van der Waals surface area contributed by atoms with Crippen molar-refractivity contribution in [1.29, 1.82) is 0 Å². The molecule has 1 fully saturated rings. The minimum absolute atomic E-state index is 0.0240. The lowest BCUT2D eigenvalue weighted by Gasteiger charge is -2.04. The van der Waals surface area contributed by atoms with Crippen molar-refractivity contribution in [2.75, 3.05) is 19.8 Å². The van der Waals surface area contributed by atoms with E-state index in [1.807, 2.05) is 43.3 Å². The maximum Gasteiger partial charge on any atom is 0.185 e. The van der Waals surface area contributed by atoms with Gasteiger partial charge in [0.25, 0.3) is 0 Å². The van der Waals surface area contributed by atoms with Crippen LogP contribution in [0.15, 0.2) is 54.3 Å². The molecule has 1 aromatic rings. The van der Waals surface area contributed by atoms with Crippen molar-refractivity contribution in [2.24, 2.45) is 5.92 Å². The molecular weight excluding hydrogens is 240 g/mol. The smallest absolute Gasteiger partial charge is 0.185 e. The Kier molecular flexibility index (Phi) is 4.93. The first-order valence-electron chi connectivity index (χ1n) is 6.47. The van der Waals surface area contributed by atoms with Gasteiger partial charge in [0.15, 0.2) is 5.78 Å². The molecule has 1 saturated heterocycles. The highest BCUT2D eigenvalue weighted by Gasteiger charge is 2.20. The summed E-state index contributed by atoms with van der Waals surface area (Å²) in [5, 5.41) is 0. The van der Waals surface area contributed by atoms with Crippen molar-refractivity contribution in [1.82, 2.24) is 0 Å². The van der Waals surface area contributed by atoms with E-state index in [9.17, 15) is 4.79 Å². The summed E-state index contributed by atoms with van der Waals surface area (Å²) >= 11 is 0. The van der Waals surface area contributed by atoms with Crippen LogP contribution >= 0.6 is 0 Å².